The van der Waals surface area contributed by atoms with Crippen molar-refractivity contribution < 1.29 is 0 Å². The predicted molar refractivity (Wildman–Crippen MR) is 57.3 cm³/mol. The highest BCUT2D eigenvalue weighted by molar-refractivity contribution is 5.74. The van der Waals surface area contributed by atoms with Crippen molar-refractivity contribution in [1.82, 2.24) is 15.3 Å². The van der Waals surface area contributed by atoms with Crippen LogP contribution in [0.25, 0.3) is 11.0 Å². The molecule has 0 atom stereocenters. The third-order valence-electron chi connectivity index (χ3n) is 2.23. The second-order valence-corrected chi connectivity index (χ2v) is 3.34. The molecule has 2 aromatic rings. The van der Waals surface area contributed by atoms with E-state index in [9.17, 15) is 0 Å². The molecule has 1 radical (unpaired) electrons. The zero-order valence-electron chi connectivity index (χ0n) is 8.33. The van der Waals surface area contributed by atoms with Crippen LogP contribution in [0.2, 0.25) is 0 Å². The summed E-state index contributed by atoms with van der Waals surface area (Å²) in [5, 5.41) is 4.06. The average molecular weight is 188 g/mol. The van der Waals surface area contributed by atoms with Crippen LogP contribution in [0.3, 0.4) is 0 Å². The molecule has 0 aliphatic heterocycles. The van der Waals surface area contributed by atoms with Gasteiger partial charge in [-0.3, -0.25) is 0 Å². The van der Waals surface area contributed by atoms with Gasteiger partial charge in [0.1, 0.15) is 5.82 Å². The van der Waals surface area contributed by atoms with Gasteiger partial charge < -0.3 is 4.98 Å². The Morgan fingerprint density at radius 3 is 3.00 bits per heavy atom. The van der Waals surface area contributed by atoms with Crippen LogP contribution in [-0.4, -0.2) is 23.6 Å². The summed E-state index contributed by atoms with van der Waals surface area (Å²) in [6.07, 6.45) is 2.04. The Bertz CT molecular complexity index is 373. The molecule has 0 aliphatic rings. The van der Waals surface area contributed by atoms with E-state index in [2.05, 4.69) is 21.4 Å². The molecular formula is C11H14N3. The number of aromatic nitrogens is 2. The van der Waals surface area contributed by atoms with E-state index in [1.807, 2.05) is 25.2 Å². The number of aromatic amines is 1. The van der Waals surface area contributed by atoms with Crippen molar-refractivity contribution in [3.05, 3.63) is 30.1 Å². The van der Waals surface area contributed by atoms with Gasteiger partial charge in [-0.2, -0.15) is 0 Å². The maximum absolute atomic E-state index is 4.49. The molecule has 0 spiro atoms. The summed E-state index contributed by atoms with van der Waals surface area (Å²) in [5.74, 6) is 1.06. The van der Waals surface area contributed by atoms with Gasteiger partial charge in [0.25, 0.3) is 0 Å². The van der Waals surface area contributed by atoms with Crippen LogP contribution in [-0.2, 0) is 6.42 Å². The lowest BCUT2D eigenvalue weighted by molar-refractivity contribution is 0.699. The van der Waals surface area contributed by atoms with E-state index >= 15 is 0 Å². The number of benzene rings is 1. The van der Waals surface area contributed by atoms with Gasteiger partial charge in [-0.25, -0.2) is 10.3 Å². The molecule has 1 N–H and O–H groups in total. The first-order chi connectivity index (χ1) is 6.90. The smallest absolute Gasteiger partial charge is 0.107 e. The maximum atomic E-state index is 4.49. The first-order valence-corrected chi connectivity index (χ1v) is 4.89. The molecule has 1 aromatic carbocycles. The molecule has 3 nitrogen and oxygen atoms in total. The molecule has 0 aliphatic carbocycles. The van der Waals surface area contributed by atoms with Gasteiger partial charge in [0.05, 0.1) is 11.0 Å². The number of hydrogen-bond acceptors (Lipinski definition) is 1. The first-order valence-electron chi connectivity index (χ1n) is 4.89. The summed E-state index contributed by atoms with van der Waals surface area (Å²) in [6.45, 7) is 0.914. The van der Waals surface area contributed by atoms with E-state index < -0.39 is 0 Å². The fraction of sp³-hybridized carbons (Fsp3) is 0.364. The Labute approximate surface area is 83.6 Å². The number of fused-ring (bicyclic) bond motifs is 1. The van der Waals surface area contributed by atoms with Crippen molar-refractivity contribution in [2.24, 2.45) is 0 Å². The highest BCUT2D eigenvalue weighted by Crippen LogP contribution is 2.10. The molecule has 2 rings (SSSR count). The summed E-state index contributed by atoms with van der Waals surface area (Å²) in [4.78, 5) is 7.79. The standard InChI is InChI=1S/C11H14N3/c1-12-8-4-7-11-13-9-5-2-3-6-10(9)14-11/h2-3,5-6H,4,7-8H2,1H3,(H,13,14). The molecule has 1 heterocycles. The molecule has 0 saturated heterocycles. The zero-order chi connectivity index (χ0) is 9.80. The van der Waals surface area contributed by atoms with E-state index in [-0.39, 0.29) is 0 Å². The van der Waals surface area contributed by atoms with Gasteiger partial charge in [-0.05, 0) is 18.6 Å². The quantitative estimate of drug-likeness (QED) is 0.729. The third kappa shape index (κ3) is 1.93. The largest absolute Gasteiger partial charge is 0.342 e. The maximum Gasteiger partial charge on any atom is 0.107 e. The van der Waals surface area contributed by atoms with Crippen molar-refractivity contribution in [2.45, 2.75) is 12.8 Å². The average Bonchev–Trinajstić information content (AvgIpc) is 2.60. The molecule has 0 unspecified atom stereocenters. The van der Waals surface area contributed by atoms with Crippen molar-refractivity contribution in [1.29, 1.82) is 0 Å². The molecule has 0 fully saturated rings. The summed E-state index contributed by atoms with van der Waals surface area (Å²) >= 11 is 0. The fourth-order valence-electron chi connectivity index (χ4n) is 1.53. The predicted octanol–water partition coefficient (Wildman–Crippen LogP) is 1.73. The van der Waals surface area contributed by atoms with Gasteiger partial charge in [-0.15, -0.1) is 0 Å². The normalized spacial score (nSPS) is 10.9. The highest BCUT2D eigenvalue weighted by atomic mass is 14.9. The van der Waals surface area contributed by atoms with Gasteiger partial charge in [-0.1, -0.05) is 12.1 Å². The topological polar surface area (TPSA) is 42.8 Å². The molecule has 3 heteroatoms. The molecule has 0 amide bonds. The Balaban J connectivity index is 2.11. The lowest BCUT2D eigenvalue weighted by Crippen LogP contribution is -2.01. The van der Waals surface area contributed by atoms with Gasteiger partial charge in [0.15, 0.2) is 0 Å². The van der Waals surface area contributed by atoms with Crippen LogP contribution in [0.4, 0.5) is 0 Å². The lowest BCUT2D eigenvalue weighted by Gasteiger charge is -1.93. The minimum atomic E-state index is 0.914. The van der Waals surface area contributed by atoms with Gasteiger partial charge in [0, 0.05) is 20.0 Å². The van der Waals surface area contributed by atoms with Crippen LogP contribution in [0.15, 0.2) is 24.3 Å². The van der Waals surface area contributed by atoms with Crippen LogP contribution in [0.5, 0.6) is 0 Å². The molecule has 73 valence electrons. The summed E-state index contributed by atoms with van der Waals surface area (Å²) in [5.41, 5.74) is 2.17. The molecule has 1 aromatic heterocycles. The Morgan fingerprint density at radius 2 is 2.21 bits per heavy atom. The van der Waals surface area contributed by atoms with E-state index in [0.29, 0.717) is 0 Å². The second-order valence-electron chi connectivity index (χ2n) is 3.34. The molecule has 14 heavy (non-hydrogen) atoms. The van der Waals surface area contributed by atoms with Crippen molar-refractivity contribution in [3.63, 3.8) is 0 Å². The van der Waals surface area contributed by atoms with Crippen molar-refractivity contribution in [3.8, 4) is 0 Å². The number of hydrogen-bond donors (Lipinski definition) is 1. The molecule has 0 saturated carbocycles. The van der Waals surface area contributed by atoms with Crippen LogP contribution >= 0.6 is 0 Å². The second kappa shape index (κ2) is 4.24. The zero-order valence-corrected chi connectivity index (χ0v) is 8.33. The summed E-state index contributed by atoms with van der Waals surface area (Å²) in [7, 11) is 1.85. The van der Waals surface area contributed by atoms with Gasteiger partial charge >= 0.3 is 0 Å². The van der Waals surface area contributed by atoms with E-state index in [1.165, 1.54) is 0 Å². The molecular weight excluding hydrogens is 174 g/mol. The van der Waals surface area contributed by atoms with Gasteiger partial charge in [0.2, 0.25) is 0 Å². The Kier molecular flexibility index (Phi) is 2.79. The third-order valence-corrected chi connectivity index (χ3v) is 2.23. The van der Waals surface area contributed by atoms with E-state index in [0.717, 1.165) is 36.2 Å². The Hall–Kier alpha value is -1.35. The monoisotopic (exact) mass is 188 g/mol. The molecule has 0 bridgehead atoms. The van der Waals surface area contributed by atoms with Crippen LogP contribution < -0.4 is 5.32 Å². The SMILES string of the molecule is C[N]CCCc1nc2ccccc2[nH]1. The van der Waals surface area contributed by atoms with E-state index in [4.69, 9.17) is 0 Å². The minimum Gasteiger partial charge on any atom is -0.342 e. The number of nitrogens with zero attached hydrogens (tertiary/aromatic N) is 2. The Morgan fingerprint density at radius 1 is 1.36 bits per heavy atom. The highest BCUT2D eigenvalue weighted by Gasteiger charge is 2.00. The minimum absolute atomic E-state index is 0.914. The lowest BCUT2D eigenvalue weighted by atomic mass is 10.3. The fourth-order valence-corrected chi connectivity index (χ4v) is 1.53. The summed E-state index contributed by atoms with van der Waals surface area (Å²) < 4.78 is 0. The number of nitrogens with one attached hydrogen (secondary N) is 1. The first kappa shape index (κ1) is 9.21. The van der Waals surface area contributed by atoms with Crippen LogP contribution in [0.1, 0.15) is 12.2 Å². The summed E-state index contributed by atoms with van der Waals surface area (Å²) in [6, 6.07) is 8.11. The number of imidazole rings is 1. The van der Waals surface area contributed by atoms with Crippen molar-refractivity contribution >= 4 is 11.0 Å². The van der Waals surface area contributed by atoms with Crippen molar-refractivity contribution in [2.75, 3.05) is 13.6 Å². The number of para-hydroxylation sites is 2. The number of H-pyrrole nitrogens is 1. The number of aryl methyl sites for hydroxylation is 1. The van der Waals surface area contributed by atoms with Crippen LogP contribution in [0, 0.1) is 0 Å². The van der Waals surface area contributed by atoms with E-state index in [1.54, 1.807) is 0 Å². The number of rotatable bonds is 4.